The van der Waals surface area contributed by atoms with Crippen LogP contribution in [-0.4, -0.2) is 37.2 Å². The van der Waals surface area contributed by atoms with E-state index < -0.39 is 6.10 Å². The summed E-state index contributed by atoms with van der Waals surface area (Å²) in [6, 6.07) is 0. The van der Waals surface area contributed by atoms with E-state index in [-0.39, 0.29) is 31.1 Å². The Labute approximate surface area is 374 Å². The van der Waals surface area contributed by atoms with Gasteiger partial charge >= 0.3 is 17.9 Å². The number of esters is 3. The van der Waals surface area contributed by atoms with Crippen LogP contribution < -0.4 is 0 Å². The van der Waals surface area contributed by atoms with Crippen LogP contribution in [0.4, 0.5) is 0 Å². The maximum atomic E-state index is 12.8. The zero-order valence-electron chi connectivity index (χ0n) is 40.9. The van der Waals surface area contributed by atoms with Gasteiger partial charge in [-0.25, -0.2) is 0 Å². The van der Waals surface area contributed by atoms with Crippen molar-refractivity contribution in [3.63, 3.8) is 0 Å². The molecule has 0 amide bonds. The number of carbonyl (C=O) groups is 3. The fourth-order valence-electron chi connectivity index (χ4n) is 8.22. The molecule has 0 N–H and O–H groups in total. The van der Waals surface area contributed by atoms with Crippen molar-refractivity contribution < 1.29 is 28.6 Å². The van der Waals surface area contributed by atoms with Crippen LogP contribution in [0.2, 0.25) is 0 Å². The minimum absolute atomic E-state index is 0.0625. The average Bonchev–Trinajstić information content (AvgIpc) is 3.23. The molecule has 0 aromatic heterocycles. The van der Waals surface area contributed by atoms with Crippen LogP contribution in [0.25, 0.3) is 0 Å². The number of rotatable bonds is 49. The summed E-state index contributed by atoms with van der Waals surface area (Å²) in [4.78, 5) is 38.0. The van der Waals surface area contributed by atoms with Crippen LogP contribution in [0, 0.1) is 5.92 Å². The van der Waals surface area contributed by atoms with Crippen LogP contribution in [0.15, 0.2) is 0 Å². The number of ether oxygens (including phenoxy) is 3. The van der Waals surface area contributed by atoms with Crippen molar-refractivity contribution in [1.82, 2.24) is 0 Å². The Morgan fingerprint density at radius 1 is 0.317 bits per heavy atom. The quantitative estimate of drug-likeness (QED) is 0.0345. The van der Waals surface area contributed by atoms with Gasteiger partial charge in [-0.15, -0.1) is 0 Å². The lowest BCUT2D eigenvalue weighted by Crippen LogP contribution is -2.30. The normalized spacial score (nSPS) is 11.9. The van der Waals surface area contributed by atoms with E-state index in [1.165, 1.54) is 199 Å². The van der Waals surface area contributed by atoms with Gasteiger partial charge in [0.05, 0.1) is 0 Å². The SMILES string of the molecule is CCCCCCCCCCCCCCCCCCCC(=O)OC[C@H](COC(=O)CCCCCCCCCCCCCC(C)C)OC(=O)CCCCCCCCCCCCC. The topological polar surface area (TPSA) is 78.9 Å². The molecule has 0 aliphatic carbocycles. The minimum atomic E-state index is -0.760. The number of hydrogen-bond acceptors (Lipinski definition) is 6. The standard InChI is InChI=1S/C54H104O6/c1-5-7-9-11-13-15-17-18-19-20-21-22-26-29-33-37-41-45-52(55)58-48-51(60-54(57)47-43-39-35-31-24-16-14-12-10-8-6-2)49-59-53(56)46-42-38-34-30-27-23-25-28-32-36-40-44-50(3)4/h50-51H,5-49H2,1-4H3/t51-/m1/s1. The number of unbranched alkanes of at least 4 members (excludes halogenated alkanes) is 36. The summed E-state index contributed by atoms with van der Waals surface area (Å²) < 4.78 is 16.8. The van der Waals surface area contributed by atoms with Crippen molar-refractivity contribution in [2.45, 2.75) is 310 Å². The van der Waals surface area contributed by atoms with E-state index in [0.717, 1.165) is 63.7 Å². The van der Waals surface area contributed by atoms with Crippen LogP contribution in [-0.2, 0) is 28.6 Å². The first-order valence-corrected chi connectivity index (χ1v) is 26.9. The summed E-state index contributed by atoms with van der Waals surface area (Å²) in [5.41, 5.74) is 0. The molecule has 0 bridgehead atoms. The molecule has 0 aromatic carbocycles. The van der Waals surface area contributed by atoms with Crippen LogP contribution >= 0.6 is 0 Å². The third kappa shape index (κ3) is 47.5. The van der Waals surface area contributed by atoms with E-state index in [9.17, 15) is 14.4 Å². The Bertz CT molecular complexity index is 903. The van der Waals surface area contributed by atoms with Crippen molar-refractivity contribution in [3.8, 4) is 0 Å². The van der Waals surface area contributed by atoms with Crippen molar-refractivity contribution in [2.75, 3.05) is 13.2 Å². The molecular formula is C54H104O6. The molecule has 0 aliphatic rings. The summed E-state index contributed by atoms with van der Waals surface area (Å²) in [6.45, 7) is 9.03. The highest BCUT2D eigenvalue weighted by atomic mass is 16.6. The van der Waals surface area contributed by atoms with Gasteiger partial charge in [-0.3, -0.25) is 14.4 Å². The molecule has 0 rings (SSSR count). The van der Waals surface area contributed by atoms with Crippen LogP contribution in [0.5, 0.6) is 0 Å². The second-order valence-electron chi connectivity index (χ2n) is 19.0. The monoisotopic (exact) mass is 849 g/mol. The highest BCUT2D eigenvalue weighted by Crippen LogP contribution is 2.17. The Morgan fingerprint density at radius 3 is 0.817 bits per heavy atom. The van der Waals surface area contributed by atoms with E-state index in [4.69, 9.17) is 14.2 Å². The summed E-state index contributed by atoms with van der Waals surface area (Å²) in [7, 11) is 0. The fraction of sp³-hybridized carbons (Fsp3) is 0.944. The average molecular weight is 849 g/mol. The van der Waals surface area contributed by atoms with Gasteiger partial charge in [0.2, 0.25) is 0 Å². The second-order valence-corrected chi connectivity index (χ2v) is 19.0. The molecule has 0 radical (unpaired) electrons. The van der Waals surface area contributed by atoms with Crippen molar-refractivity contribution in [1.29, 1.82) is 0 Å². The Kier molecular flexibility index (Phi) is 47.2. The summed E-state index contributed by atoms with van der Waals surface area (Å²) in [5, 5.41) is 0. The van der Waals surface area contributed by atoms with Gasteiger partial charge in [0.1, 0.15) is 13.2 Å². The third-order valence-corrected chi connectivity index (χ3v) is 12.3. The summed E-state index contributed by atoms with van der Waals surface area (Å²) in [5.74, 6) is -0.0156. The molecular weight excluding hydrogens is 745 g/mol. The Morgan fingerprint density at radius 2 is 0.550 bits per heavy atom. The fourth-order valence-corrected chi connectivity index (χ4v) is 8.22. The van der Waals surface area contributed by atoms with Gasteiger partial charge in [-0.1, -0.05) is 265 Å². The molecule has 0 spiro atoms. The maximum Gasteiger partial charge on any atom is 0.306 e. The zero-order chi connectivity index (χ0) is 43.8. The van der Waals surface area contributed by atoms with E-state index >= 15 is 0 Å². The van der Waals surface area contributed by atoms with Gasteiger partial charge in [-0.05, 0) is 25.2 Å². The largest absolute Gasteiger partial charge is 0.462 e. The lowest BCUT2D eigenvalue weighted by Gasteiger charge is -2.18. The molecule has 6 nitrogen and oxygen atoms in total. The second kappa shape index (κ2) is 48.4. The first kappa shape index (κ1) is 58.4. The van der Waals surface area contributed by atoms with Crippen LogP contribution in [0.1, 0.15) is 304 Å². The molecule has 0 saturated heterocycles. The van der Waals surface area contributed by atoms with Gasteiger partial charge < -0.3 is 14.2 Å². The Balaban J connectivity index is 4.26. The van der Waals surface area contributed by atoms with Crippen LogP contribution in [0.3, 0.4) is 0 Å². The predicted molar refractivity (Wildman–Crippen MR) is 257 cm³/mol. The number of hydrogen-bond donors (Lipinski definition) is 0. The molecule has 0 saturated carbocycles. The molecule has 0 aliphatic heterocycles. The zero-order valence-corrected chi connectivity index (χ0v) is 40.9. The smallest absolute Gasteiger partial charge is 0.306 e. The summed E-state index contributed by atoms with van der Waals surface area (Å²) >= 11 is 0. The third-order valence-electron chi connectivity index (χ3n) is 12.3. The lowest BCUT2D eigenvalue weighted by atomic mass is 10.0. The van der Waals surface area contributed by atoms with Gasteiger partial charge in [0.15, 0.2) is 6.10 Å². The van der Waals surface area contributed by atoms with Crippen molar-refractivity contribution in [3.05, 3.63) is 0 Å². The number of carbonyl (C=O) groups excluding carboxylic acids is 3. The Hall–Kier alpha value is -1.59. The molecule has 6 heteroatoms. The first-order valence-electron chi connectivity index (χ1n) is 26.9. The van der Waals surface area contributed by atoms with Gasteiger partial charge in [-0.2, -0.15) is 0 Å². The minimum Gasteiger partial charge on any atom is -0.462 e. The molecule has 0 unspecified atom stereocenters. The maximum absolute atomic E-state index is 12.8. The molecule has 356 valence electrons. The molecule has 0 fully saturated rings. The highest BCUT2D eigenvalue weighted by molar-refractivity contribution is 5.71. The van der Waals surface area contributed by atoms with E-state index in [1.807, 2.05) is 0 Å². The van der Waals surface area contributed by atoms with Crippen molar-refractivity contribution >= 4 is 17.9 Å². The predicted octanol–water partition coefficient (Wildman–Crippen LogP) is 17.5. The first-order chi connectivity index (χ1) is 29.4. The molecule has 60 heavy (non-hydrogen) atoms. The molecule has 1 atom stereocenters. The van der Waals surface area contributed by atoms with E-state index in [2.05, 4.69) is 27.7 Å². The van der Waals surface area contributed by atoms with Gasteiger partial charge in [0, 0.05) is 19.3 Å². The molecule has 0 aromatic rings. The van der Waals surface area contributed by atoms with Gasteiger partial charge in [0.25, 0.3) is 0 Å². The summed E-state index contributed by atoms with van der Waals surface area (Å²) in [6.07, 6.45) is 50.9. The lowest BCUT2D eigenvalue weighted by molar-refractivity contribution is -0.167. The van der Waals surface area contributed by atoms with Crippen molar-refractivity contribution in [2.24, 2.45) is 5.92 Å². The van der Waals surface area contributed by atoms with E-state index in [0.29, 0.717) is 19.3 Å². The highest BCUT2D eigenvalue weighted by Gasteiger charge is 2.19. The molecule has 0 heterocycles. The van der Waals surface area contributed by atoms with E-state index in [1.54, 1.807) is 0 Å².